The molecule has 0 atom stereocenters. The summed E-state index contributed by atoms with van der Waals surface area (Å²) in [6.07, 6.45) is 4.27. The summed E-state index contributed by atoms with van der Waals surface area (Å²) in [5, 5.41) is 18.4. The number of allylic oxidation sites excluding steroid dienone is 2. The van der Waals surface area contributed by atoms with E-state index in [1.54, 1.807) is 0 Å². The van der Waals surface area contributed by atoms with Crippen molar-refractivity contribution in [3.63, 3.8) is 0 Å². The number of aliphatic hydroxyl groups excluding tert-OH is 2. The monoisotopic (exact) mass is 150 g/mol. The van der Waals surface area contributed by atoms with Crippen LogP contribution in [0.3, 0.4) is 0 Å². The van der Waals surface area contributed by atoms with Gasteiger partial charge in [-0.1, -0.05) is 0 Å². The van der Waals surface area contributed by atoms with Gasteiger partial charge in [-0.2, -0.15) is 0 Å². The standard InChI is InChI=1S/C7H6N2O2/c10-5-1-2-6(11)7-8-3-4(5)9-7/h1-3,10-11H,(H,8,9). The smallest absolute Gasteiger partial charge is 0.173 e. The minimum Gasteiger partial charge on any atom is -0.506 e. The lowest BCUT2D eigenvalue weighted by molar-refractivity contribution is 0.505. The Labute approximate surface area is 62.5 Å². The van der Waals surface area contributed by atoms with Crippen molar-refractivity contribution in [3.8, 4) is 0 Å². The fourth-order valence-electron chi connectivity index (χ4n) is 0.908. The zero-order chi connectivity index (χ0) is 7.84. The van der Waals surface area contributed by atoms with Crippen molar-refractivity contribution in [2.75, 3.05) is 0 Å². The molecule has 1 aliphatic rings. The molecule has 2 bridgehead atoms. The Bertz CT molecular complexity index is 317. The predicted molar refractivity (Wildman–Crippen MR) is 39.8 cm³/mol. The molecule has 0 fully saturated rings. The van der Waals surface area contributed by atoms with E-state index in [9.17, 15) is 10.2 Å². The van der Waals surface area contributed by atoms with E-state index in [1.807, 2.05) is 0 Å². The van der Waals surface area contributed by atoms with Crippen LogP contribution in [0.15, 0.2) is 18.3 Å². The second kappa shape index (κ2) is 1.88. The van der Waals surface area contributed by atoms with Crippen molar-refractivity contribution >= 4 is 11.5 Å². The highest BCUT2D eigenvalue weighted by atomic mass is 16.3. The number of imidazole rings is 1. The number of hydrogen-bond donors (Lipinski definition) is 3. The number of aromatic amines is 1. The summed E-state index contributed by atoms with van der Waals surface area (Å²) in [6.45, 7) is 0. The Morgan fingerprint density at radius 3 is 2.73 bits per heavy atom. The summed E-state index contributed by atoms with van der Waals surface area (Å²) in [5.41, 5.74) is 0.514. The van der Waals surface area contributed by atoms with Crippen molar-refractivity contribution < 1.29 is 10.2 Å². The molecule has 2 rings (SSSR count). The summed E-state index contributed by atoms with van der Waals surface area (Å²) < 4.78 is 0. The van der Waals surface area contributed by atoms with Gasteiger partial charge in [0.05, 0.1) is 6.20 Å². The first-order chi connectivity index (χ1) is 5.27. The summed E-state index contributed by atoms with van der Waals surface area (Å²) in [4.78, 5) is 6.54. The third-order valence-corrected chi connectivity index (χ3v) is 1.49. The highest BCUT2D eigenvalue weighted by Gasteiger charge is 2.10. The van der Waals surface area contributed by atoms with Crippen LogP contribution in [0.25, 0.3) is 11.5 Å². The van der Waals surface area contributed by atoms with Gasteiger partial charge < -0.3 is 15.2 Å². The zero-order valence-corrected chi connectivity index (χ0v) is 5.57. The summed E-state index contributed by atoms with van der Waals surface area (Å²) in [6, 6.07) is 0. The number of rotatable bonds is 0. The number of nitrogens with one attached hydrogen (secondary N) is 1. The first-order valence-electron chi connectivity index (χ1n) is 3.13. The number of H-pyrrole nitrogens is 1. The number of aromatic nitrogens is 2. The van der Waals surface area contributed by atoms with E-state index >= 15 is 0 Å². The first kappa shape index (κ1) is 6.03. The Morgan fingerprint density at radius 2 is 1.91 bits per heavy atom. The van der Waals surface area contributed by atoms with Crippen molar-refractivity contribution in [1.82, 2.24) is 9.97 Å². The molecule has 1 aromatic heterocycles. The maximum Gasteiger partial charge on any atom is 0.173 e. The van der Waals surface area contributed by atoms with E-state index in [0.717, 1.165) is 0 Å². The molecule has 0 aromatic carbocycles. The highest BCUT2D eigenvalue weighted by Crippen LogP contribution is 2.17. The van der Waals surface area contributed by atoms with Crippen LogP contribution in [0.2, 0.25) is 0 Å². The SMILES string of the molecule is OC1=CC=C(O)c2ncc1[nH]2. The van der Waals surface area contributed by atoms with E-state index in [0.29, 0.717) is 11.5 Å². The molecule has 3 N–H and O–H groups in total. The Hall–Kier alpha value is -1.71. The van der Waals surface area contributed by atoms with Gasteiger partial charge in [0.25, 0.3) is 0 Å². The molecule has 4 heteroatoms. The molecular weight excluding hydrogens is 144 g/mol. The number of hydrogen-bond acceptors (Lipinski definition) is 3. The molecule has 1 aliphatic heterocycles. The summed E-state index contributed by atoms with van der Waals surface area (Å²) in [5.74, 6) is 0.480. The van der Waals surface area contributed by atoms with Gasteiger partial charge in [-0.3, -0.25) is 0 Å². The molecule has 1 aromatic rings. The van der Waals surface area contributed by atoms with Crippen LogP contribution >= 0.6 is 0 Å². The second-order valence-corrected chi connectivity index (χ2v) is 2.25. The van der Waals surface area contributed by atoms with Crippen LogP contribution in [-0.2, 0) is 0 Å². The topological polar surface area (TPSA) is 69.1 Å². The number of fused-ring (bicyclic) bond motifs is 2. The summed E-state index contributed by atoms with van der Waals surface area (Å²) >= 11 is 0. The predicted octanol–water partition coefficient (Wildman–Crippen LogP) is 1.22. The van der Waals surface area contributed by atoms with E-state index in [-0.39, 0.29) is 11.5 Å². The average Bonchev–Trinajstić information content (AvgIpc) is 2.42. The highest BCUT2D eigenvalue weighted by molar-refractivity contribution is 5.66. The normalized spacial score (nSPS) is 15.3. The maximum atomic E-state index is 9.19. The van der Waals surface area contributed by atoms with Crippen LogP contribution in [0.4, 0.5) is 0 Å². The van der Waals surface area contributed by atoms with Crippen LogP contribution < -0.4 is 0 Å². The second-order valence-electron chi connectivity index (χ2n) is 2.25. The lowest BCUT2D eigenvalue weighted by Gasteiger charge is -1.89. The van der Waals surface area contributed by atoms with Crippen LogP contribution in [-0.4, -0.2) is 20.2 Å². The van der Waals surface area contributed by atoms with Crippen molar-refractivity contribution in [2.45, 2.75) is 0 Å². The summed E-state index contributed by atoms with van der Waals surface area (Å²) in [7, 11) is 0. The molecule has 0 spiro atoms. The molecule has 0 saturated carbocycles. The van der Waals surface area contributed by atoms with Gasteiger partial charge >= 0.3 is 0 Å². The number of nitrogens with zero attached hydrogens (tertiary/aromatic N) is 1. The Kier molecular flexibility index (Phi) is 1.03. The fourth-order valence-corrected chi connectivity index (χ4v) is 0.908. The van der Waals surface area contributed by atoms with Crippen LogP contribution in [0, 0.1) is 0 Å². The van der Waals surface area contributed by atoms with Gasteiger partial charge in [0.2, 0.25) is 0 Å². The van der Waals surface area contributed by atoms with Crippen molar-refractivity contribution in [3.05, 3.63) is 29.9 Å². The van der Waals surface area contributed by atoms with E-state index in [2.05, 4.69) is 9.97 Å². The molecule has 0 unspecified atom stereocenters. The number of aliphatic hydroxyl groups is 2. The van der Waals surface area contributed by atoms with E-state index in [1.165, 1.54) is 18.3 Å². The minimum atomic E-state index is 0.0281. The molecule has 4 nitrogen and oxygen atoms in total. The molecule has 56 valence electrons. The molecule has 0 aliphatic carbocycles. The van der Waals surface area contributed by atoms with Gasteiger partial charge in [-0.15, -0.1) is 0 Å². The van der Waals surface area contributed by atoms with E-state index in [4.69, 9.17) is 0 Å². The van der Waals surface area contributed by atoms with Crippen LogP contribution in [0.1, 0.15) is 11.5 Å². The molecule has 2 heterocycles. The Balaban J connectivity index is 2.67. The van der Waals surface area contributed by atoms with Gasteiger partial charge in [0.1, 0.15) is 11.5 Å². The molecular formula is C7H6N2O2. The lowest BCUT2D eigenvalue weighted by Crippen LogP contribution is -1.83. The molecule has 0 radical (unpaired) electrons. The van der Waals surface area contributed by atoms with Gasteiger partial charge in [0.15, 0.2) is 11.6 Å². The molecule has 0 saturated heterocycles. The molecule has 0 amide bonds. The van der Waals surface area contributed by atoms with Crippen molar-refractivity contribution in [1.29, 1.82) is 0 Å². The third kappa shape index (κ3) is 0.797. The van der Waals surface area contributed by atoms with Gasteiger partial charge in [-0.25, -0.2) is 4.98 Å². The van der Waals surface area contributed by atoms with E-state index < -0.39 is 0 Å². The third-order valence-electron chi connectivity index (χ3n) is 1.49. The van der Waals surface area contributed by atoms with Crippen molar-refractivity contribution in [2.24, 2.45) is 0 Å². The Morgan fingerprint density at radius 1 is 1.18 bits per heavy atom. The molecule has 11 heavy (non-hydrogen) atoms. The van der Waals surface area contributed by atoms with Crippen LogP contribution in [0.5, 0.6) is 0 Å². The average molecular weight is 150 g/mol. The quantitative estimate of drug-likeness (QED) is 0.520. The van der Waals surface area contributed by atoms with Gasteiger partial charge in [0, 0.05) is 0 Å². The van der Waals surface area contributed by atoms with Gasteiger partial charge in [-0.05, 0) is 12.2 Å². The first-order valence-corrected chi connectivity index (χ1v) is 3.13. The fraction of sp³-hybridized carbons (Fsp3) is 0. The maximum absolute atomic E-state index is 9.19. The minimum absolute atomic E-state index is 0.0281. The zero-order valence-electron chi connectivity index (χ0n) is 5.57. The largest absolute Gasteiger partial charge is 0.506 e. The lowest BCUT2D eigenvalue weighted by atomic mass is 10.3.